The highest BCUT2D eigenvalue weighted by Crippen LogP contribution is 2.29. The highest BCUT2D eigenvalue weighted by molar-refractivity contribution is 6.30. The summed E-state index contributed by atoms with van der Waals surface area (Å²) >= 11 is 5.81. The van der Waals surface area contributed by atoms with E-state index in [0.29, 0.717) is 41.3 Å². The maximum absolute atomic E-state index is 14.5. The summed E-state index contributed by atoms with van der Waals surface area (Å²) in [5, 5.41) is 9.57. The lowest BCUT2D eigenvalue weighted by Gasteiger charge is -2.29. The molecule has 0 bridgehead atoms. The van der Waals surface area contributed by atoms with Gasteiger partial charge in [-0.2, -0.15) is 5.26 Å². The maximum Gasteiger partial charge on any atom is 0.165 e. The molecule has 1 atom stereocenters. The van der Waals surface area contributed by atoms with Gasteiger partial charge in [0.25, 0.3) is 0 Å². The highest BCUT2D eigenvalue weighted by Gasteiger charge is 2.24. The van der Waals surface area contributed by atoms with E-state index in [4.69, 9.17) is 26.1 Å². The van der Waals surface area contributed by atoms with Gasteiger partial charge in [-0.1, -0.05) is 29.8 Å². The van der Waals surface area contributed by atoms with Crippen LogP contribution >= 0.6 is 11.6 Å². The van der Waals surface area contributed by atoms with E-state index in [1.165, 1.54) is 18.2 Å². The second-order valence-electron chi connectivity index (χ2n) is 9.98. The number of aromatic nitrogens is 3. The zero-order valence-corrected chi connectivity index (χ0v) is 22.4. The van der Waals surface area contributed by atoms with Gasteiger partial charge in [0.05, 0.1) is 24.8 Å². The van der Waals surface area contributed by atoms with Crippen molar-refractivity contribution in [2.75, 3.05) is 19.7 Å². The number of ether oxygens (including phenoxy) is 2. The Bertz CT molecular complexity index is 1640. The quantitative estimate of drug-likeness (QED) is 0.267. The molecule has 40 heavy (non-hydrogen) atoms. The Morgan fingerprint density at radius 1 is 1.15 bits per heavy atom. The van der Waals surface area contributed by atoms with Gasteiger partial charge in [0, 0.05) is 36.5 Å². The van der Waals surface area contributed by atoms with Gasteiger partial charge in [0.2, 0.25) is 0 Å². The molecule has 2 aromatic heterocycles. The van der Waals surface area contributed by atoms with E-state index in [1.54, 1.807) is 30.5 Å². The van der Waals surface area contributed by atoms with Crippen molar-refractivity contribution in [2.24, 2.45) is 0 Å². The number of hydrogen-bond donors (Lipinski definition) is 0. The monoisotopic (exact) mass is 561 g/mol. The minimum atomic E-state index is -0.501. The molecule has 4 heterocycles. The zero-order chi connectivity index (χ0) is 27.6. The van der Waals surface area contributed by atoms with Crippen LogP contribution in [0.2, 0.25) is 5.02 Å². The first-order chi connectivity index (χ1) is 19.5. The number of fused-ring (bicyclic) bond motifs is 1. The molecule has 10 heteroatoms. The average Bonchev–Trinajstić information content (AvgIpc) is 3.27. The topological polar surface area (TPSA) is 76.2 Å². The highest BCUT2D eigenvalue weighted by atomic mass is 35.5. The number of nitriles is 1. The van der Waals surface area contributed by atoms with Crippen molar-refractivity contribution in [1.82, 2.24) is 19.4 Å². The third kappa shape index (κ3) is 5.56. The van der Waals surface area contributed by atoms with Crippen LogP contribution in [0.3, 0.4) is 0 Å². The van der Waals surface area contributed by atoms with Crippen LogP contribution in [0.4, 0.5) is 8.78 Å². The number of nitrogens with zero attached hydrogens (tertiary/aromatic N) is 5. The molecule has 7 nitrogen and oxygen atoms in total. The van der Waals surface area contributed by atoms with Crippen LogP contribution in [0, 0.1) is 23.0 Å². The van der Waals surface area contributed by atoms with Crippen LogP contribution in [0.25, 0.3) is 16.7 Å². The van der Waals surface area contributed by atoms with Gasteiger partial charge < -0.3 is 14.0 Å². The van der Waals surface area contributed by atoms with Crippen LogP contribution in [-0.4, -0.2) is 45.2 Å². The standard InChI is InChI=1S/C30H26ClF2N5O2/c31-23-3-1-22(26(33)13-23)18-40-28-12-21(2-4-25(28)32)20-5-8-37(9-6-20)17-29-36-27-11-19(14-34)15-35-30(27)38(29)16-24-7-10-39-24/h1-5,11-13,15,24H,6-10,16-18H2/t24-/m0/s1. The number of halogens is 3. The zero-order valence-electron chi connectivity index (χ0n) is 21.6. The molecular weight excluding hydrogens is 536 g/mol. The Hall–Kier alpha value is -3.84. The Labute approximate surface area is 235 Å². The fourth-order valence-corrected chi connectivity index (χ4v) is 5.15. The van der Waals surface area contributed by atoms with Crippen molar-refractivity contribution in [3.05, 3.63) is 93.9 Å². The smallest absolute Gasteiger partial charge is 0.165 e. The lowest BCUT2D eigenvalue weighted by molar-refractivity contribution is -0.0592. The minimum Gasteiger partial charge on any atom is -0.486 e. The predicted molar refractivity (Wildman–Crippen MR) is 147 cm³/mol. The van der Waals surface area contributed by atoms with Crippen molar-refractivity contribution in [1.29, 1.82) is 5.26 Å². The van der Waals surface area contributed by atoms with Crippen LogP contribution in [0.15, 0.2) is 54.7 Å². The average molecular weight is 562 g/mol. The first-order valence-electron chi connectivity index (χ1n) is 13.1. The molecule has 6 rings (SSSR count). The van der Waals surface area contributed by atoms with Crippen molar-refractivity contribution in [2.45, 2.75) is 38.6 Å². The van der Waals surface area contributed by atoms with Gasteiger partial charge in [-0.15, -0.1) is 0 Å². The summed E-state index contributed by atoms with van der Waals surface area (Å²) in [4.78, 5) is 11.6. The molecule has 2 aliphatic rings. The summed E-state index contributed by atoms with van der Waals surface area (Å²) in [7, 11) is 0. The van der Waals surface area contributed by atoms with E-state index >= 15 is 0 Å². The van der Waals surface area contributed by atoms with E-state index in [0.717, 1.165) is 48.6 Å². The Kier molecular flexibility index (Phi) is 7.48. The predicted octanol–water partition coefficient (Wildman–Crippen LogP) is 5.89. The third-order valence-electron chi connectivity index (χ3n) is 7.33. The summed E-state index contributed by atoms with van der Waals surface area (Å²) in [6, 6.07) is 13.0. The van der Waals surface area contributed by atoms with Crippen molar-refractivity contribution >= 4 is 28.3 Å². The van der Waals surface area contributed by atoms with Crippen LogP contribution in [-0.2, 0) is 24.4 Å². The molecule has 0 aliphatic carbocycles. The van der Waals surface area contributed by atoms with Gasteiger partial charge >= 0.3 is 0 Å². The first kappa shape index (κ1) is 26.4. The lowest BCUT2D eigenvalue weighted by Crippen LogP contribution is -2.33. The molecule has 1 fully saturated rings. The SMILES string of the molecule is N#Cc1cnc2c(c1)nc(CN1CC=C(c3ccc(F)c(OCc4ccc(Cl)cc4F)c3)CC1)n2C[C@@H]1CCO1. The van der Waals surface area contributed by atoms with E-state index in [2.05, 4.69) is 26.6 Å². The molecule has 204 valence electrons. The van der Waals surface area contributed by atoms with Crippen LogP contribution < -0.4 is 4.74 Å². The number of imidazole rings is 1. The number of hydrogen-bond acceptors (Lipinski definition) is 6. The second kappa shape index (κ2) is 11.3. The first-order valence-corrected chi connectivity index (χ1v) is 13.5. The molecule has 0 N–H and O–H groups in total. The molecule has 4 aromatic rings. The van der Waals surface area contributed by atoms with Gasteiger partial charge in [0.1, 0.15) is 29.8 Å². The molecule has 0 amide bonds. The van der Waals surface area contributed by atoms with Gasteiger partial charge in [-0.05, 0) is 54.3 Å². The van der Waals surface area contributed by atoms with E-state index in [1.807, 2.05) is 0 Å². The maximum atomic E-state index is 14.5. The van der Waals surface area contributed by atoms with E-state index in [9.17, 15) is 14.0 Å². The van der Waals surface area contributed by atoms with Crippen molar-refractivity contribution in [3.63, 3.8) is 0 Å². The van der Waals surface area contributed by atoms with Crippen molar-refractivity contribution in [3.8, 4) is 11.8 Å². The molecule has 2 aliphatic heterocycles. The second-order valence-corrected chi connectivity index (χ2v) is 10.4. The van der Waals surface area contributed by atoms with E-state index in [-0.39, 0.29) is 18.5 Å². The van der Waals surface area contributed by atoms with Crippen LogP contribution in [0.1, 0.15) is 35.4 Å². The normalized spacial score (nSPS) is 17.4. The lowest BCUT2D eigenvalue weighted by atomic mass is 9.99. The number of rotatable bonds is 8. The third-order valence-corrected chi connectivity index (χ3v) is 7.57. The van der Waals surface area contributed by atoms with Gasteiger partial charge in [-0.3, -0.25) is 4.90 Å². The van der Waals surface area contributed by atoms with Crippen LogP contribution in [0.5, 0.6) is 5.75 Å². The minimum absolute atomic E-state index is 0.0753. The molecule has 0 radical (unpaired) electrons. The molecule has 1 saturated heterocycles. The fourth-order valence-electron chi connectivity index (χ4n) is 4.99. The molecule has 0 saturated carbocycles. The Balaban J connectivity index is 1.16. The summed E-state index contributed by atoms with van der Waals surface area (Å²) in [6.45, 7) is 3.45. The Morgan fingerprint density at radius 2 is 2.02 bits per heavy atom. The van der Waals surface area contributed by atoms with Gasteiger partial charge in [0.15, 0.2) is 17.2 Å². The van der Waals surface area contributed by atoms with Gasteiger partial charge in [-0.25, -0.2) is 18.7 Å². The summed E-state index contributed by atoms with van der Waals surface area (Å²) in [5.41, 5.74) is 4.21. The molecular formula is C30H26ClF2N5O2. The summed E-state index contributed by atoms with van der Waals surface area (Å²) in [5.74, 6) is -0.0315. The van der Waals surface area contributed by atoms with Crippen molar-refractivity contribution < 1.29 is 18.3 Å². The Morgan fingerprint density at radius 3 is 2.75 bits per heavy atom. The number of benzene rings is 2. The molecule has 2 aromatic carbocycles. The summed E-state index contributed by atoms with van der Waals surface area (Å²) in [6.07, 6.45) is 5.62. The largest absolute Gasteiger partial charge is 0.486 e. The fraction of sp³-hybridized carbons (Fsp3) is 0.300. The summed E-state index contributed by atoms with van der Waals surface area (Å²) < 4.78 is 42.0. The number of pyridine rings is 1. The molecule has 0 spiro atoms. The van der Waals surface area contributed by atoms with E-state index < -0.39 is 11.6 Å². The molecule has 0 unspecified atom stereocenters.